The number of hydrazine groups is 1. The quantitative estimate of drug-likeness (QED) is 0.557. The first-order valence-corrected chi connectivity index (χ1v) is 8.91. The van der Waals surface area contributed by atoms with Gasteiger partial charge in [0.15, 0.2) is 0 Å². The SMILES string of the molecule is COC(=O)CC(NC(=O)C1NNC2CCNCC21)c1ccc(Cl)c(F)c1. The number of methoxy groups -OCH3 is 1. The predicted octanol–water partition coefficient (Wildman–Crippen LogP) is 0.654. The third-order valence-electron chi connectivity index (χ3n) is 4.92. The molecule has 3 rings (SSSR count). The van der Waals surface area contributed by atoms with Gasteiger partial charge in [0, 0.05) is 18.5 Å². The summed E-state index contributed by atoms with van der Waals surface area (Å²) in [5.74, 6) is -1.26. The summed E-state index contributed by atoms with van der Waals surface area (Å²) in [5.41, 5.74) is 6.63. The fraction of sp³-hybridized carbons (Fsp3) is 0.529. The molecular weight excluding hydrogens is 363 g/mol. The molecule has 1 aromatic rings. The van der Waals surface area contributed by atoms with Crippen LogP contribution in [0.2, 0.25) is 5.02 Å². The van der Waals surface area contributed by atoms with Gasteiger partial charge in [-0.3, -0.25) is 15.0 Å². The van der Waals surface area contributed by atoms with Crippen LogP contribution in [0.15, 0.2) is 18.2 Å². The molecule has 4 atom stereocenters. The van der Waals surface area contributed by atoms with Gasteiger partial charge in [-0.25, -0.2) is 9.82 Å². The first-order chi connectivity index (χ1) is 12.5. The molecular formula is C17H22ClFN4O3. The molecule has 26 heavy (non-hydrogen) atoms. The summed E-state index contributed by atoms with van der Waals surface area (Å²) in [6.45, 7) is 1.62. The Morgan fingerprint density at radius 2 is 2.23 bits per heavy atom. The molecule has 0 radical (unpaired) electrons. The van der Waals surface area contributed by atoms with Crippen molar-refractivity contribution in [2.45, 2.75) is 31.0 Å². The molecule has 2 aliphatic rings. The van der Waals surface area contributed by atoms with Gasteiger partial charge in [0.2, 0.25) is 5.91 Å². The van der Waals surface area contributed by atoms with Crippen LogP contribution in [0.3, 0.4) is 0 Å². The van der Waals surface area contributed by atoms with E-state index in [-0.39, 0.29) is 29.3 Å². The number of nitrogens with one attached hydrogen (secondary N) is 4. The second-order valence-electron chi connectivity index (χ2n) is 6.54. The van der Waals surface area contributed by atoms with Gasteiger partial charge in [-0.05, 0) is 30.7 Å². The smallest absolute Gasteiger partial charge is 0.307 e. The average molecular weight is 385 g/mol. The summed E-state index contributed by atoms with van der Waals surface area (Å²) in [5, 5.41) is 6.10. The lowest BCUT2D eigenvalue weighted by Crippen LogP contribution is -2.50. The first kappa shape index (κ1) is 19.0. The predicted molar refractivity (Wildman–Crippen MR) is 93.8 cm³/mol. The highest BCUT2D eigenvalue weighted by Gasteiger charge is 2.41. The van der Waals surface area contributed by atoms with Gasteiger partial charge in [0.05, 0.1) is 24.6 Å². The number of halogens is 2. The molecule has 142 valence electrons. The topological polar surface area (TPSA) is 91.5 Å². The van der Waals surface area contributed by atoms with Crippen molar-refractivity contribution < 1.29 is 18.7 Å². The number of rotatable bonds is 5. The van der Waals surface area contributed by atoms with Crippen LogP contribution in [0.5, 0.6) is 0 Å². The number of benzene rings is 1. The van der Waals surface area contributed by atoms with Crippen molar-refractivity contribution in [3.8, 4) is 0 Å². The maximum Gasteiger partial charge on any atom is 0.307 e. The minimum atomic E-state index is -0.709. The Labute approximate surface area is 156 Å². The average Bonchev–Trinajstić information content (AvgIpc) is 3.07. The number of hydrogen-bond donors (Lipinski definition) is 4. The van der Waals surface area contributed by atoms with Crippen molar-refractivity contribution in [1.82, 2.24) is 21.5 Å². The van der Waals surface area contributed by atoms with Crippen molar-refractivity contribution in [1.29, 1.82) is 0 Å². The first-order valence-electron chi connectivity index (χ1n) is 8.53. The van der Waals surface area contributed by atoms with Gasteiger partial charge < -0.3 is 15.4 Å². The zero-order valence-corrected chi connectivity index (χ0v) is 15.1. The fourth-order valence-electron chi connectivity index (χ4n) is 3.47. The van der Waals surface area contributed by atoms with Crippen LogP contribution in [-0.4, -0.2) is 44.2 Å². The zero-order chi connectivity index (χ0) is 18.7. The maximum absolute atomic E-state index is 13.8. The van der Waals surface area contributed by atoms with Gasteiger partial charge in [-0.2, -0.15) is 0 Å². The molecule has 1 amide bonds. The summed E-state index contributed by atoms with van der Waals surface area (Å²) in [6.07, 6.45) is 0.825. The summed E-state index contributed by atoms with van der Waals surface area (Å²) < 4.78 is 18.5. The molecule has 2 aliphatic heterocycles. The number of amides is 1. The Morgan fingerprint density at radius 3 is 2.96 bits per heavy atom. The summed E-state index contributed by atoms with van der Waals surface area (Å²) in [7, 11) is 1.27. The lowest BCUT2D eigenvalue weighted by molar-refractivity contribution is -0.141. The molecule has 0 aliphatic carbocycles. The molecule has 0 spiro atoms. The van der Waals surface area contributed by atoms with Crippen molar-refractivity contribution in [3.05, 3.63) is 34.6 Å². The van der Waals surface area contributed by atoms with Crippen LogP contribution in [0.4, 0.5) is 4.39 Å². The number of fused-ring (bicyclic) bond motifs is 1. The van der Waals surface area contributed by atoms with E-state index in [0.717, 1.165) is 19.5 Å². The van der Waals surface area contributed by atoms with E-state index in [4.69, 9.17) is 16.3 Å². The third-order valence-corrected chi connectivity index (χ3v) is 5.23. The Morgan fingerprint density at radius 1 is 1.42 bits per heavy atom. The van der Waals surface area contributed by atoms with E-state index >= 15 is 0 Å². The lowest BCUT2D eigenvalue weighted by Gasteiger charge is -2.28. The monoisotopic (exact) mass is 384 g/mol. The fourth-order valence-corrected chi connectivity index (χ4v) is 3.59. The highest BCUT2D eigenvalue weighted by Crippen LogP contribution is 2.25. The summed E-state index contributed by atoms with van der Waals surface area (Å²) >= 11 is 5.72. The van der Waals surface area contributed by atoms with Crippen LogP contribution in [0.1, 0.15) is 24.4 Å². The van der Waals surface area contributed by atoms with E-state index in [9.17, 15) is 14.0 Å². The molecule has 0 saturated carbocycles. The van der Waals surface area contributed by atoms with Crippen LogP contribution in [-0.2, 0) is 14.3 Å². The number of carbonyl (C=O) groups is 2. The van der Waals surface area contributed by atoms with Crippen molar-refractivity contribution in [2.24, 2.45) is 5.92 Å². The van der Waals surface area contributed by atoms with E-state index < -0.39 is 23.9 Å². The number of ether oxygens (including phenoxy) is 1. The van der Waals surface area contributed by atoms with Crippen molar-refractivity contribution >= 4 is 23.5 Å². The minimum absolute atomic E-state index is 0.0188. The van der Waals surface area contributed by atoms with E-state index in [1.54, 1.807) is 6.07 Å². The van der Waals surface area contributed by atoms with Crippen LogP contribution < -0.4 is 21.5 Å². The maximum atomic E-state index is 13.8. The Kier molecular flexibility index (Phi) is 6.08. The Bertz CT molecular complexity index is 690. The van der Waals surface area contributed by atoms with Gasteiger partial charge in [-0.15, -0.1) is 0 Å². The van der Waals surface area contributed by atoms with Gasteiger partial charge in [0.25, 0.3) is 0 Å². The van der Waals surface area contributed by atoms with Crippen molar-refractivity contribution in [2.75, 3.05) is 20.2 Å². The van der Waals surface area contributed by atoms with Crippen LogP contribution in [0, 0.1) is 11.7 Å². The number of piperidine rings is 1. The van der Waals surface area contributed by atoms with E-state index in [1.807, 2.05) is 0 Å². The minimum Gasteiger partial charge on any atom is -0.469 e. The number of esters is 1. The van der Waals surface area contributed by atoms with Crippen LogP contribution >= 0.6 is 11.6 Å². The lowest BCUT2D eigenvalue weighted by atomic mass is 9.89. The van der Waals surface area contributed by atoms with E-state index in [2.05, 4.69) is 21.5 Å². The summed E-state index contributed by atoms with van der Waals surface area (Å²) in [4.78, 5) is 24.5. The molecule has 4 N–H and O–H groups in total. The molecule has 2 saturated heterocycles. The van der Waals surface area contributed by atoms with E-state index in [0.29, 0.717) is 5.56 Å². The second-order valence-corrected chi connectivity index (χ2v) is 6.95. The zero-order valence-electron chi connectivity index (χ0n) is 14.4. The Balaban J connectivity index is 1.75. The molecule has 0 bridgehead atoms. The van der Waals surface area contributed by atoms with Crippen LogP contribution in [0.25, 0.3) is 0 Å². The standard InChI is InChI=1S/C17H22ClFN4O3/c1-26-15(24)7-14(9-2-3-11(18)12(19)6-9)21-17(25)16-10-8-20-5-4-13(10)22-23-16/h2-3,6,10,13-14,16,20,22-23H,4-5,7-8H2,1H3,(H,21,25). The molecule has 2 heterocycles. The highest BCUT2D eigenvalue weighted by atomic mass is 35.5. The van der Waals surface area contributed by atoms with Gasteiger partial charge in [-0.1, -0.05) is 17.7 Å². The number of hydrogen-bond acceptors (Lipinski definition) is 6. The van der Waals surface area contributed by atoms with E-state index in [1.165, 1.54) is 19.2 Å². The summed E-state index contributed by atoms with van der Waals surface area (Å²) in [6, 6.07) is 3.29. The normalized spacial score (nSPS) is 26.0. The molecule has 7 nitrogen and oxygen atoms in total. The third kappa shape index (κ3) is 4.15. The largest absolute Gasteiger partial charge is 0.469 e. The molecule has 0 aromatic heterocycles. The van der Waals surface area contributed by atoms with Crippen molar-refractivity contribution in [3.63, 3.8) is 0 Å². The van der Waals surface area contributed by atoms with Gasteiger partial charge >= 0.3 is 5.97 Å². The second kappa shape index (κ2) is 8.30. The molecule has 4 unspecified atom stereocenters. The Hall–Kier alpha value is -1.74. The highest BCUT2D eigenvalue weighted by molar-refractivity contribution is 6.30. The molecule has 9 heteroatoms. The van der Waals surface area contributed by atoms with Gasteiger partial charge in [0.1, 0.15) is 11.9 Å². The molecule has 2 fully saturated rings. The number of carbonyl (C=O) groups excluding carboxylic acids is 2. The molecule has 1 aromatic carbocycles.